The molecule has 3 aromatic rings. The Morgan fingerprint density at radius 1 is 1.15 bits per heavy atom. The van der Waals surface area contributed by atoms with Crippen molar-refractivity contribution in [2.45, 2.75) is 37.1 Å². The van der Waals surface area contributed by atoms with Gasteiger partial charge in [-0.3, -0.25) is 0 Å². The minimum Gasteiger partial charge on any atom is -0.309 e. The summed E-state index contributed by atoms with van der Waals surface area (Å²) in [5, 5.41) is 0.527. The van der Waals surface area contributed by atoms with Crippen LogP contribution in [0.5, 0.6) is 0 Å². The lowest BCUT2D eigenvalue weighted by Gasteiger charge is -2.32. The first kappa shape index (κ1) is 18.4. The van der Waals surface area contributed by atoms with E-state index in [9.17, 15) is 8.42 Å². The molecule has 0 spiro atoms. The average Bonchev–Trinajstić information content (AvgIpc) is 3.07. The number of aromatic nitrogens is 3. The minimum atomic E-state index is -3.50. The predicted octanol–water partition coefficient (Wildman–Crippen LogP) is 3.67. The Balaban J connectivity index is 1.57. The van der Waals surface area contributed by atoms with Crippen LogP contribution in [-0.4, -0.2) is 40.3 Å². The maximum Gasteiger partial charge on any atom is 0.243 e. The molecule has 2 aromatic heterocycles. The van der Waals surface area contributed by atoms with Gasteiger partial charge in [0.05, 0.1) is 4.90 Å². The Labute approximate surface area is 163 Å². The fraction of sp³-hybridized carbons (Fsp3) is 0.368. The molecule has 4 rings (SSSR count). The van der Waals surface area contributed by atoms with Gasteiger partial charge >= 0.3 is 0 Å². The Morgan fingerprint density at radius 3 is 2.52 bits per heavy atom. The number of hydrogen-bond acceptors (Lipinski definition) is 4. The van der Waals surface area contributed by atoms with Crippen molar-refractivity contribution in [2.75, 3.05) is 13.1 Å². The second-order valence-electron chi connectivity index (χ2n) is 6.69. The molecule has 8 heteroatoms. The standard InChI is InChI=1S/C19H21ClN4O2S/c1-2-18-22-17-4-3-11-21-19(17)24(18)15-9-12-23(13-10-15)27(25,26)16-7-5-14(20)6-8-16/h3-8,11,15H,2,9-10,12-13H2,1H3. The van der Waals surface area contributed by atoms with Gasteiger partial charge in [-0.2, -0.15) is 4.31 Å². The molecule has 0 amide bonds. The van der Waals surface area contributed by atoms with Crippen molar-refractivity contribution in [1.82, 2.24) is 18.8 Å². The fourth-order valence-corrected chi connectivity index (χ4v) is 5.30. The van der Waals surface area contributed by atoms with E-state index in [0.717, 1.165) is 36.3 Å². The first-order valence-corrected chi connectivity index (χ1v) is 10.9. The van der Waals surface area contributed by atoms with E-state index in [1.165, 1.54) is 0 Å². The molecular formula is C19H21ClN4O2S. The van der Waals surface area contributed by atoms with Gasteiger partial charge in [0.2, 0.25) is 10.0 Å². The molecule has 0 radical (unpaired) electrons. The molecule has 1 saturated heterocycles. The molecule has 0 bridgehead atoms. The van der Waals surface area contributed by atoms with Crippen molar-refractivity contribution in [1.29, 1.82) is 0 Å². The SMILES string of the molecule is CCc1nc2cccnc2n1C1CCN(S(=O)(=O)c2ccc(Cl)cc2)CC1. The van der Waals surface area contributed by atoms with Gasteiger partial charge in [0.15, 0.2) is 5.65 Å². The molecule has 0 saturated carbocycles. The molecule has 1 aliphatic heterocycles. The summed E-state index contributed by atoms with van der Waals surface area (Å²) in [5.41, 5.74) is 1.78. The number of imidazole rings is 1. The summed E-state index contributed by atoms with van der Waals surface area (Å²) in [7, 11) is -3.50. The molecule has 0 aliphatic carbocycles. The monoisotopic (exact) mass is 404 g/mol. The molecule has 3 heterocycles. The van der Waals surface area contributed by atoms with Crippen molar-refractivity contribution >= 4 is 32.8 Å². The van der Waals surface area contributed by atoms with Gasteiger partial charge in [-0.1, -0.05) is 18.5 Å². The third kappa shape index (κ3) is 3.35. The van der Waals surface area contributed by atoms with Crippen molar-refractivity contribution in [3.63, 3.8) is 0 Å². The van der Waals surface area contributed by atoms with Crippen LogP contribution in [0, 0.1) is 0 Å². The Hall–Kier alpha value is -1.96. The number of piperidine rings is 1. The van der Waals surface area contributed by atoms with Gasteiger partial charge in [-0.05, 0) is 49.2 Å². The summed E-state index contributed by atoms with van der Waals surface area (Å²) >= 11 is 5.88. The first-order chi connectivity index (χ1) is 13.0. The highest BCUT2D eigenvalue weighted by atomic mass is 35.5. The van der Waals surface area contributed by atoms with Crippen LogP contribution >= 0.6 is 11.6 Å². The van der Waals surface area contributed by atoms with E-state index in [0.29, 0.717) is 18.1 Å². The van der Waals surface area contributed by atoms with Crippen LogP contribution in [0.2, 0.25) is 5.02 Å². The van der Waals surface area contributed by atoms with Gasteiger partial charge in [0.1, 0.15) is 11.3 Å². The summed E-state index contributed by atoms with van der Waals surface area (Å²) in [4.78, 5) is 9.48. The molecule has 142 valence electrons. The van der Waals surface area contributed by atoms with Crippen molar-refractivity contribution in [2.24, 2.45) is 0 Å². The number of aryl methyl sites for hydroxylation is 1. The zero-order chi connectivity index (χ0) is 19.0. The molecule has 27 heavy (non-hydrogen) atoms. The largest absolute Gasteiger partial charge is 0.309 e. The van der Waals surface area contributed by atoms with E-state index >= 15 is 0 Å². The van der Waals surface area contributed by atoms with Crippen LogP contribution in [-0.2, 0) is 16.4 Å². The Bertz CT molecular complexity index is 1060. The zero-order valence-corrected chi connectivity index (χ0v) is 16.6. The van der Waals surface area contributed by atoms with Crippen molar-refractivity contribution < 1.29 is 8.42 Å². The highest BCUT2D eigenvalue weighted by molar-refractivity contribution is 7.89. The van der Waals surface area contributed by atoms with Gasteiger partial charge in [0.25, 0.3) is 0 Å². The maximum absolute atomic E-state index is 12.9. The van der Waals surface area contributed by atoms with Crippen LogP contribution in [0.15, 0.2) is 47.5 Å². The highest BCUT2D eigenvalue weighted by Gasteiger charge is 2.31. The number of pyridine rings is 1. The van der Waals surface area contributed by atoms with Gasteiger partial charge in [0, 0.05) is 36.8 Å². The number of benzene rings is 1. The number of sulfonamides is 1. The normalized spacial score (nSPS) is 16.8. The molecular weight excluding hydrogens is 384 g/mol. The number of nitrogens with zero attached hydrogens (tertiary/aromatic N) is 4. The van der Waals surface area contributed by atoms with E-state index in [-0.39, 0.29) is 10.9 Å². The summed E-state index contributed by atoms with van der Waals surface area (Å²) in [6, 6.07) is 10.4. The van der Waals surface area contributed by atoms with Gasteiger partial charge in [-0.15, -0.1) is 0 Å². The zero-order valence-electron chi connectivity index (χ0n) is 15.0. The van der Waals surface area contributed by atoms with Crippen LogP contribution < -0.4 is 0 Å². The number of halogens is 1. The smallest absolute Gasteiger partial charge is 0.243 e. The number of fused-ring (bicyclic) bond motifs is 1. The lowest BCUT2D eigenvalue weighted by molar-refractivity contribution is 0.273. The fourth-order valence-electron chi connectivity index (χ4n) is 3.71. The maximum atomic E-state index is 12.9. The third-order valence-corrected chi connectivity index (χ3v) is 7.24. The van der Waals surface area contributed by atoms with Crippen LogP contribution in [0.4, 0.5) is 0 Å². The third-order valence-electron chi connectivity index (χ3n) is 5.08. The van der Waals surface area contributed by atoms with Crippen LogP contribution in [0.25, 0.3) is 11.2 Å². The summed E-state index contributed by atoms with van der Waals surface area (Å²) in [5.74, 6) is 1.00. The molecule has 0 atom stereocenters. The average molecular weight is 405 g/mol. The minimum absolute atomic E-state index is 0.205. The topological polar surface area (TPSA) is 68.1 Å². The highest BCUT2D eigenvalue weighted by Crippen LogP contribution is 2.30. The van der Waals surface area contributed by atoms with E-state index in [1.807, 2.05) is 12.1 Å². The second-order valence-corrected chi connectivity index (χ2v) is 9.06. The second kappa shape index (κ2) is 7.22. The quantitative estimate of drug-likeness (QED) is 0.665. The predicted molar refractivity (Wildman–Crippen MR) is 105 cm³/mol. The number of hydrogen-bond donors (Lipinski definition) is 0. The van der Waals surface area contributed by atoms with Crippen LogP contribution in [0.1, 0.15) is 31.6 Å². The first-order valence-electron chi connectivity index (χ1n) is 9.08. The summed E-state index contributed by atoms with van der Waals surface area (Å²) in [6.45, 7) is 3.04. The van der Waals surface area contributed by atoms with E-state index in [1.54, 1.807) is 34.8 Å². The molecule has 1 aromatic carbocycles. The van der Waals surface area contributed by atoms with E-state index in [4.69, 9.17) is 11.6 Å². The lowest BCUT2D eigenvalue weighted by Crippen LogP contribution is -2.39. The summed E-state index contributed by atoms with van der Waals surface area (Å²) in [6.07, 6.45) is 4.07. The van der Waals surface area contributed by atoms with Crippen molar-refractivity contribution in [3.8, 4) is 0 Å². The Kier molecular flexibility index (Phi) is 4.92. The molecule has 0 N–H and O–H groups in total. The molecule has 0 unspecified atom stereocenters. The van der Waals surface area contributed by atoms with E-state index in [2.05, 4.69) is 21.5 Å². The lowest BCUT2D eigenvalue weighted by atomic mass is 10.1. The van der Waals surface area contributed by atoms with Gasteiger partial charge < -0.3 is 4.57 Å². The number of rotatable bonds is 4. The molecule has 1 fully saturated rings. The molecule has 6 nitrogen and oxygen atoms in total. The summed E-state index contributed by atoms with van der Waals surface area (Å²) < 4.78 is 29.5. The van der Waals surface area contributed by atoms with E-state index < -0.39 is 10.0 Å². The van der Waals surface area contributed by atoms with Crippen molar-refractivity contribution in [3.05, 3.63) is 53.4 Å². The Morgan fingerprint density at radius 2 is 1.85 bits per heavy atom. The van der Waals surface area contributed by atoms with Crippen LogP contribution in [0.3, 0.4) is 0 Å². The molecule has 1 aliphatic rings. The van der Waals surface area contributed by atoms with Gasteiger partial charge in [-0.25, -0.2) is 18.4 Å².